The molecule has 0 aliphatic carbocycles. The molecule has 3 rings (SSSR count). The topological polar surface area (TPSA) is 62.5 Å². The van der Waals surface area contributed by atoms with Crippen molar-refractivity contribution in [3.63, 3.8) is 0 Å². The van der Waals surface area contributed by atoms with Crippen molar-refractivity contribution in [3.8, 4) is 0 Å². The van der Waals surface area contributed by atoms with E-state index >= 15 is 0 Å². The van der Waals surface area contributed by atoms with Crippen LogP contribution in [0.3, 0.4) is 0 Å². The van der Waals surface area contributed by atoms with Crippen molar-refractivity contribution in [1.82, 2.24) is 4.57 Å². The molecule has 0 amide bonds. The van der Waals surface area contributed by atoms with E-state index in [0.717, 1.165) is 21.8 Å². The molecule has 19 heavy (non-hydrogen) atoms. The Kier molecular flexibility index (Phi) is 4.21. The van der Waals surface area contributed by atoms with Crippen LogP contribution in [0.2, 0.25) is 0 Å². The van der Waals surface area contributed by atoms with Gasteiger partial charge in [0, 0.05) is 21.8 Å². The predicted octanol–water partition coefficient (Wildman–Crippen LogP) is 2.28. The summed E-state index contributed by atoms with van der Waals surface area (Å²) in [5, 5.41) is 2.03. The molecule has 4 nitrogen and oxygen atoms in total. The van der Waals surface area contributed by atoms with Crippen LogP contribution in [0.5, 0.6) is 0 Å². The van der Waals surface area contributed by atoms with Crippen LogP contribution in [0.1, 0.15) is 0 Å². The van der Waals surface area contributed by atoms with Gasteiger partial charge < -0.3 is 14.4 Å². The number of rotatable bonds is 2. The van der Waals surface area contributed by atoms with Crippen LogP contribution in [-0.2, 0) is 10.9 Å². The molecule has 0 atom stereocenters. The summed E-state index contributed by atoms with van der Waals surface area (Å²) >= 11 is 0. The fraction of sp³-hybridized carbons (Fsp3) is 0.0769. The van der Waals surface area contributed by atoms with Gasteiger partial charge >= 0.3 is 37.2 Å². The SMILES string of the molecule is O=P(O)(O)Cn1c2ccccc2c2ccccc21.[NaH]. The molecular formula is C13H13NNaO3P. The Labute approximate surface area is 132 Å². The van der Waals surface area contributed by atoms with Gasteiger partial charge in [0.1, 0.15) is 6.29 Å². The Morgan fingerprint density at radius 1 is 0.895 bits per heavy atom. The van der Waals surface area contributed by atoms with E-state index in [1.165, 1.54) is 0 Å². The van der Waals surface area contributed by atoms with Crippen molar-refractivity contribution in [1.29, 1.82) is 0 Å². The van der Waals surface area contributed by atoms with Crippen molar-refractivity contribution in [2.45, 2.75) is 6.29 Å². The fourth-order valence-corrected chi connectivity index (χ4v) is 3.01. The first kappa shape index (κ1) is 14.8. The zero-order valence-corrected chi connectivity index (χ0v) is 10.4. The third-order valence-corrected chi connectivity index (χ3v) is 3.66. The van der Waals surface area contributed by atoms with Crippen LogP contribution in [0, 0.1) is 0 Å². The number of nitrogens with zero attached hydrogens (tertiary/aromatic N) is 1. The molecule has 0 spiro atoms. The Bertz CT molecular complexity index is 725. The molecule has 1 heterocycles. The summed E-state index contributed by atoms with van der Waals surface area (Å²) in [6.45, 7) is 0. The molecule has 0 aliphatic rings. The van der Waals surface area contributed by atoms with Crippen molar-refractivity contribution in [2.75, 3.05) is 0 Å². The van der Waals surface area contributed by atoms with E-state index in [1.54, 1.807) is 4.57 Å². The predicted molar refractivity (Wildman–Crippen MR) is 78.6 cm³/mol. The molecule has 0 bridgehead atoms. The summed E-state index contributed by atoms with van der Waals surface area (Å²) in [7, 11) is -4.10. The maximum atomic E-state index is 11.3. The third kappa shape index (κ3) is 2.79. The molecule has 0 fully saturated rings. The van der Waals surface area contributed by atoms with E-state index in [2.05, 4.69) is 0 Å². The second kappa shape index (κ2) is 5.41. The van der Waals surface area contributed by atoms with Crippen molar-refractivity contribution in [3.05, 3.63) is 48.5 Å². The maximum absolute atomic E-state index is 11.3. The average molecular weight is 285 g/mol. The van der Waals surface area contributed by atoms with Crippen LogP contribution in [0.15, 0.2) is 48.5 Å². The van der Waals surface area contributed by atoms with Crippen molar-refractivity contribution in [2.24, 2.45) is 0 Å². The van der Waals surface area contributed by atoms with Crippen LogP contribution in [-0.4, -0.2) is 43.9 Å². The Balaban J connectivity index is 0.00000133. The van der Waals surface area contributed by atoms with Gasteiger partial charge in [-0.1, -0.05) is 36.4 Å². The molecule has 0 saturated carbocycles. The van der Waals surface area contributed by atoms with Gasteiger partial charge in [0.25, 0.3) is 0 Å². The number of benzene rings is 2. The second-order valence-electron chi connectivity index (χ2n) is 4.27. The van der Waals surface area contributed by atoms with Gasteiger partial charge in [-0.2, -0.15) is 0 Å². The van der Waals surface area contributed by atoms with Crippen LogP contribution < -0.4 is 0 Å². The van der Waals surface area contributed by atoms with E-state index in [-0.39, 0.29) is 35.8 Å². The van der Waals surface area contributed by atoms with Gasteiger partial charge in [0.15, 0.2) is 0 Å². The number of hydrogen-bond donors (Lipinski definition) is 2. The molecule has 1 aromatic heterocycles. The Hall–Kier alpha value is -0.610. The zero-order valence-electron chi connectivity index (χ0n) is 9.52. The van der Waals surface area contributed by atoms with Crippen molar-refractivity contribution < 1.29 is 14.4 Å². The Morgan fingerprint density at radius 2 is 1.32 bits per heavy atom. The van der Waals surface area contributed by atoms with Gasteiger partial charge in [0.05, 0.1) is 0 Å². The summed E-state index contributed by atoms with van der Waals surface area (Å²) in [5.74, 6) is 0. The van der Waals surface area contributed by atoms with Gasteiger partial charge in [-0.3, -0.25) is 4.57 Å². The summed E-state index contributed by atoms with van der Waals surface area (Å²) in [4.78, 5) is 18.4. The van der Waals surface area contributed by atoms with Gasteiger partial charge in [-0.25, -0.2) is 0 Å². The fourth-order valence-electron chi connectivity index (χ4n) is 2.34. The standard InChI is InChI=1S/C13H12NO3P.Na.H/c15-18(16,17)9-14-12-7-3-1-5-10(12)11-6-2-4-8-13(11)14;;/h1-8H,9H2,(H2,15,16,17);;. The van der Waals surface area contributed by atoms with E-state index in [9.17, 15) is 14.4 Å². The summed E-state index contributed by atoms with van der Waals surface area (Å²) in [6.07, 6.45) is -0.291. The van der Waals surface area contributed by atoms with E-state index in [0.29, 0.717) is 0 Å². The van der Waals surface area contributed by atoms with E-state index in [1.807, 2.05) is 48.5 Å². The minimum atomic E-state index is -4.10. The monoisotopic (exact) mass is 285 g/mol. The first-order chi connectivity index (χ1) is 8.56. The van der Waals surface area contributed by atoms with Gasteiger partial charge in [0.2, 0.25) is 0 Å². The molecule has 0 saturated heterocycles. The minimum absolute atomic E-state index is 0. The van der Waals surface area contributed by atoms with Crippen LogP contribution >= 0.6 is 7.60 Å². The summed E-state index contributed by atoms with van der Waals surface area (Å²) < 4.78 is 12.9. The number of fused-ring (bicyclic) bond motifs is 3. The average Bonchev–Trinajstić information content (AvgIpc) is 2.64. The number of hydrogen-bond acceptors (Lipinski definition) is 1. The van der Waals surface area contributed by atoms with E-state index in [4.69, 9.17) is 0 Å². The quantitative estimate of drug-likeness (QED) is 0.561. The molecule has 2 N–H and O–H groups in total. The molecule has 2 aromatic carbocycles. The molecule has 6 heteroatoms. The molecule has 3 aromatic rings. The number of aromatic nitrogens is 1. The molecular weight excluding hydrogens is 272 g/mol. The molecule has 0 aliphatic heterocycles. The van der Waals surface area contributed by atoms with Crippen LogP contribution in [0.4, 0.5) is 0 Å². The molecule has 0 unspecified atom stereocenters. The number of para-hydroxylation sites is 2. The van der Waals surface area contributed by atoms with Crippen molar-refractivity contribution >= 4 is 59.0 Å². The Morgan fingerprint density at radius 3 is 1.74 bits per heavy atom. The first-order valence-electron chi connectivity index (χ1n) is 5.57. The third-order valence-electron chi connectivity index (χ3n) is 3.01. The van der Waals surface area contributed by atoms with E-state index < -0.39 is 7.60 Å². The first-order valence-corrected chi connectivity index (χ1v) is 7.36. The van der Waals surface area contributed by atoms with Gasteiger partial charge in [-0.15, -0.1) is 0 Å². The summed E-state index contributed by atoms with van der Waals surface area (Å²) in [5.41, 5.74) is 1.70. The molecule has 0 radical (unpaired) electrons. The van der Waals surface area contributed by atoms with Gasteiger partial charge in [-0.05, 0) is 12.1 Å². The normalized spacial score (nSPS) is 11.7. The van der Waals surface area contributed by atoms with Crippen LogP contribution in [0.25, 0.3) is 21.8 Å². The zero-order chi connectivity index (χ0) is 12.8. The second-order valence-corrected chi connectivity index (χ2v) is 5.88. The molecule has 94 valence electrons. The summed E-state index contributed by atoms with van der Waals surface area (Å²) in [6, 6.07) is 15.3.